The maximum atomic E-state index is 11.0. The van der Waals surface area contributed by atoms with Crippen LogP contribution in [0.3, 0.4) is 0 Å². The van der Waals surface area contributed by atoms with Crippen LogP contribution in [0, 0.1) is 5.92 Å². The minimum atomic E-state index is -0.623. The van der Waals surface area contributed by atoms with Gasteiger partial charge in [-0.1, -0.05) is 23.7 Å². The molecule has 1 aliphatic rings. The second-order valence-corrected chi connectivity index (χ2v) is 4.20. The Morgan fingerprint density at radius 2 is 2.33 bits per heavy atom. The van der Waals surface area contributed by atoms with Crippen LogP contribution in [0.4, 0.5) is 0 Å². The standard InChI is InChI=1S/C11H12ClNO2/c12-9-3-1-2-7(4-9)11(15)8-5-10(14)13-6-8/h1-4,8,11,15H,5-6H2,(H,13,14). The Kier molecular flexibility index (Phi) is 2.93. The number of carbonyl (C=O) groups excluding carboxylic acids is 1. The summed E-state index contributed by atoms with van der Waals surface area (Å²) in [6.07, 6.45) is -0.240. The van der Waals surface area contributed by atoms with Crippen molar-refractivity contribution in [3.05, 3.63) is 34.9 Å². The monoisotopic (exact) mass is 225 g/mol. The fourth-order valence-electron chi connectivity index (χ4n) is 1.81. The molecule has 0 bridgehead atoms. The van der Waals surface area contributed by atoms with Crippen LogP contribution in [0.15, 0.2) is 24.3 Å². The van der Waals surface area contributed by atoms with E-state index in [-0.39, 0.29) is 11.8 Å². The average molecular weight is 226 g/mol. The van der Waals surface area contributed by atoms with Crippen molar-refractivity contribution in [2.24, 2.45) is 5.92 Å². The lowest BCUT2D eigenvalue weighted by Gasteiger charge is -2.16. The van der Waals surface area contributed by atoms with Crippen molar-refractivity contribution >= 4 is 17.5 Å². The number of hydrogen-bond donors (Lipinski definition) is 2. The minimum absolute atomic E-state index is 0.000998. The summed E-state index contributed by atoms with van der Waals surface area (Å²) >= 11 is 5.83. The molecule has 0 radical (unpaired) electrons. The van der Waals surface area contributed by atoms with E-state index in [1.165, 1.54) is 0 Å². The maximum Gasteiger partial charge on any atom is 0.220 e. The van der Waals surface area contributed by atoms with Gasteiger partial charge < -0.3 is 10.4 Å². The largest absolute Gasteiger partial charge is 0.388 e. The molecule has 1 aromatic carbocycles. The third kappa shape index (κ3) is 2.30. The first kappa shape index (κ1) is 10.5. The van der Waals surface area contributed by atoms with Crippen LogP contribution >= 0.6 is 11.6 Å². The molecule has 4 heteroatoms. The molecule has 1 saturated heterocycles. The summed E-state index contributed by atoms with van der Waals surface area (Å²) in [5.41, 5.74) is 0.768. The fourth-order valence-corrected chi connectivity index (χ4v) is 2.01. The molecule has 1 fully saturated rings. The smallest absolute Gasteiger partial charge is 0.220 e. The number of carbonyl (C=O) groups is 1. The highest BCUT2D eigenvalue weighted by molar-refractivity contribution is 6.30. The van der Waals surface area contributed by atoms with Gasteiger partial charge in [0.1, 0.15) is 0 Å². The zero-order valence-corrected chi connectivity index (χ0v) is 8.87. The third-order valence-corrected chi connectivity index (χ3v) is 2.88. The van der Waals surface area contributed by atoms with Gasteiger partial charge in [-0.15, -0.1) is 0 Å². The summed E-state index contributed by atoms with van der Waals surface area (Å²) in [5.74, 6) is -0.0444. The van der Waals surface area contributed by atoms with Crippen molar-refractivity contribution in [2.45, 2.75) is 12.5 Å². The van der Waals surface area contributed by atoms with Crippen molar-refractivity contribution in [1.82, 2.24) is 5.32 Å². The number of aliphatic hydroxyl groups excluding tert-OH is 1. The van der Waals surface area contributed by atoms with E-state index >= 15 is 0 Å². The molecular weight excluding hydrogens is 214 g/mol. The molecule has 3 nitrogen and oxygen atoms in total. The highest BCUT2D eigenvalue weighted by atomic mass is 35.5. The van der Waals surface area contributed by atoms with Crippen molar-refractivity contribution < 1.29 is 9.90 Å². The van der Waals surface area contributed by atoms with E-state index in [1.54, 1.807) is 18.2 Å². The summed E-state index contributed by atoms with van der Waals surface area (Å²) in [4.78, 5) is 11.0. The predicted molar refractivity (Wildman–Crippen MR) is 57.5 cm³/mol. The molecule has 1 amide bonds. The van der Waals surface area contributed by atoms with Crippen molar-refractivity contribution in [2.75, 3.05) is 6.54 Å². The molecule has 0 saturated carbocycles. The Hall–Kier alpha value is -1.06. The van der Waals surface area contributed by atoms with E-state index in [9.17, 15) is 9.90 Å². The van der Waals surface area contributed by atoms with Gasteiger partial charge in [0.05, 0.1) is 6.10 Å². The SMILES string of the molecule is O=C1CC(C(O)c2cccc(Cl)c2)CN1. The summed E-state index contributed by atoms with van der Waals surface area (Å²) in [6.45, 7) is 0.534. The molecule has 1 heterocycles. The molecule has 15 heavy (non-hydrogen) atoms. The van der Waals surface area contributed by atoms with Crippen LogP contribution in [0.2, 0.25) is 5.02 Å². The highest BCUT2D eigenvalue weighted by Gasteiger charge is 2.28. The van der Waals surface area contributed by atoms with E-state index in [2.05, 4.69) is 5.32 Å². The van der Waals surface area contributed by atoms with Crippen molar-refractivity contribution in [1.29, 1.82) is 0 Å². The average Bonchev–Trinajstić information content (AvgIpc) is 2.64. The lowest BCUT2D eigenvalue weighted by Crippen LogP contribution is -2.17. The Morgan fingerprint density at radius 1 is 1.53 bits per heavy atom. The number of amides is 1. The quantitative estimate of drug-likeness (QED) is 0.802. The zero-order chi connectivity index (χ0) is 10.8. The van der Waals surface area contributed by atoms with Gasteiger partial charge in [0.15, 0.2) is 0 Å². The van der Waals surface area contributed by atoms with Gasteiger partial charge in [-0.2, -0.15) is 0 Å². The van der Waals surface area contributed by atoms with Gasteiger partial charge in [0.25, 0.3) is 0 Å². The molecule has 1 aromatic rings. The second kappa shape index (κ2) is 4.21. The Labute approximate surface area is 93.1 Å². The summed E-state index contributed by atoms with van der Waals surface area (Å²) in [7, 11) is 0. The first-order valence-corrected chi connectivity index (χ1v) is 5.25. The Morgan fingerprint density at radius 3 is 2.93 bits per heavy atom. The minimum Gasteiger partial charge on any atom is -0.388 e. The number of nitrogens with one attached hydrogen (secondary N) is 1. The van der Waals surface area contributed by atoms with Gasteiger partial charge in [-0.3, -0.25) is 4.79 Å². The topological polar surface area (TPSA) is 49.3 Å². The number of rotatable bonds is 2. The van der Waals surface area contributed by atoms with E-state index < -0.39 is 6.10 Å². The van der Waals surface area contributed by atoms with Crippen molar-refractivity contribution in [3.63, 3.8) is 0 Å². The number of aliphatic hydroxyl groups is 1. The maximum absolute atomic E-state index is 11.0. The normalized spacial score (nSPS) is 22.5. The molecule has 0 spiro atoms. The number of halogens is 1. The molecule has 0 aromatic heterocycles. The van der Waals surface area contributed by atoms with E-state index in [0.717, 1.165) is 5.56 Å². The fraction of sp³-hybridized carbons (Fsp3) is 0.364. The molecular formula is C11H12ClNO2. The molecule has 2 N–H and O–H groups in total. The zero-order valence-electron chi connectivity index (χ0n) is 8.11. The Bertz CT molecular complexity index is 381. The molecule has 2 atom stereocenters. The van der Waals surface area contributed by atoms with Crippen molar-refractivity contribution in [3.8, 4) is 0 Å². The molecule has 2 rings (SSSR count). The summed E-state index contributed by atoms with van der Waals surface area (Å²) in [5, 5.41) is 13.3. The van der Waals surface area contributed by atoms with E-state index in [1.807, 2.05) is 6.07 Å². The number of benzene rings is 1. The molecule has 1 aliphatic heterocycles. The third-order valence-electron chi connectivity index (χ3n) is 2.65. The van der Waals surface area contributed by atoms with Gasteiger partial charge >= 0.3 is 0 Å². The van der Waals surface area contributed by atoms with E-state index in [4.69, 9.17) is 11.6 Å². The van der Waals surface area contributed by atoms with Gasteiger partial charge in [0, 0.05) is 23.9 Å². The second-order valence-electron chi connectivity index (χ2n) is 3.77. The van der Waals surface area contributed by atoms with Crippen LogP contribution < -0.4 is 5.32 Å². The van der Waals surface area contributed by atoms with Crippen LogP contribution in [-0.4, -0.2) is 17.6 Å². The number of hydrogen-bond acceptors (Lipinski definition) is 2. The lowest BCUT2D eigenvalue weighted by molar-refractivity contribution is -0.119. The van der Waals surface area contributed by atoms with Crippen LogP contribution in [-0.2, 0) is 4.79 Å². The van der Waals surface area contributed by atoms with Gasteiger partial charge in [-0.25, -0.2) is 0 Å². The molecule has 0 aliphatic carbocycles. The molecule has 80 valence electrons. The first-order valence-electron chi connectivity index (χ1n) is 4.87. The van der Waals surface area contributed by atoms with Crippen LogP contribution in [0.1, 0.15) is 18.1 Å². The summed E-state index contributed by atoms with van der Waals surface area (Å²) in [6, 6.07) is 7.11. The first-order chi connectivity index (χ1) is 7.16. The van der Waals surface area contributed by atoms with Crippen LogP contribution in [0.5, 0.6) is 0 Å². The van der Waals surface area contributed by atoms with Gasteiger partial charge in [-0.05, 0) is 17.7 Å². The molecule has 2 unspecified atom stereocenters. The summed E-state index contributed by atoms with van der Waals surface area (Å²) < 4.78 is 0. The van der Waals surface area contributed by atoms with E-state index in [0.29, 0.717) is 18.0 Å². The lowest BCUT2D eigenvalue weighted by atomic mass is 9.95. The Balaban J connectivity index is 2.13. The predicted octanol–water partition coefficient (Wildman–Crippen LogP) is 1.51. The van der Waals surface area contributed by atoms with Crippen LogP contribution in [0.25, 0.3) is 0 Å². The highest BCUT2D eigenvalue weighted by Crippen LogP contribution is 2.28. The van der Waals surface area contributed by atoms with Gasteiger partial charge in [0.2, 0.25) is 5.91 Å².